The molecule has 0 heterocycles. The van der Waals surface area contributed by atoms with Gasteiger partial charge in [0.1, 0.15) is 0 Å². The Hall–Kier alpha value is -3.68. The molecule has 0 saturated heterocycles. The Bertz CT molecular complexity index is 908. The zero-order valence-electron chi connectivity index (χ0n) is 16.9. The van der Waals surface area contributed by atoms with Crippen LogP contribution in [-0.4, -0.2) is 37.0 Å². The van der Waals surface area contributed by atoms with Crippen molar-refractivity contribution < 1.29 is 28.7 Å². The highest BCUT2D eigenvalue weighted by Gasteiger charge is 2.12. The number of amides is 2. The number of anilines is 2. The minimum absolute atomic E-state index is 0.0515. The van der Waals surface area contributed by atoms with Gasteiger partial charge in [0.25, 0.3) is 5.91 Å². The van der Waals surface area contributed by atoms with E-state index in [4.69, 9.17) is 9.47 Å². The van der Waals surface area contributed by atoms with Crippen molar-refractivity contribution in [3.63, 3.8) is 0 Å². The number of ether oxygens (including phenoxy) is 2. The molecule has 0 aliphatic rings. The van der Waals surface area contributed by atoms with E-state index in [9.17, 15) is 19.2 Å². The second-order valence-electron chi connectivity index (χ2n) is 6.37. The Morgan fingerprint density at radius 1 is 0.833 bits per heavy atom. The molecule has 158 valence electrons. The van der Waals surface area contributed by atoms with Crippen LogP contribution in [0.3, 0.4) is 0 Å². The van der Waals surface area contributed by atoms with Crippen LogP contribution in [0.15, 0.2) is 48.5 Å². The zero-order chi connectivity index (χ0) is 21.9. The first kappa shape index (κ1) is 22.6. The predicted octanol–water partition coefficient (Wildman–Crippen LogP) is 3.07. The first-order valence-electron chi connectivity index (χ1n) is 9.47. The van der Waals surface area contributed by atoms with Crippen LogP contribution >= 0.6 is 0 Å². The zero-order valence-corrected chi connectivity index (χ0v) is 16.9. The molecule has 0 aromatic heterocycles. The number of carbonyl (C=O) groups is 4. The second kappa shape index (κ2) is 11.4. The maximum atomic E-state index is 11.9. The summed E-state index contributed by atoms with van der Waals surface area (Å²) in [5.74, 6) is -1.94. The first-order chi connectivity index (χ1) is 14.4. The molecule has 2 N–H and O–H groups in total. The third kappa shape index (κ3) is 7.38. The fourth-order valence-electron chi connectivity index (χ4n) is 2.46. The second-order valence-corrected chi connectivity index (χ2v) is 6.37. The van der Waals surface area contributed by atoms with Gasteiger partial charge in [-0.2, -0.15) is 0 Å². The van der Waals surface area contributed by atoms with Crippen molar-refractivity contribution in [2.75, 3.05) is 23.8 Å². The Morgan fingerprint density at radius 3 is 2.20 bits per heavy atom. The summed E-state index contributed by atoms with van der Waals surface area (Å²) in [7, 11) is 0. The summed E-state index contributed by atoms with van der Waals surface area (Å²) in [4.78, 5) is 47.2. The molecule has 0 radical (unpaired) electrons. The van der Waals surface area contributed by atoms with Gasteiger partial charge in [-0.3, -0.25) is 14.4 Å². The maximum absolute atomic E-state index is 11.9. The van der Waals surface area contributed by atoms with E-state index in [1.807, 2.05) is 19.1 Å². The van der Waals surface area contributed by atoms with E-state index in [-0.39, 0.29) is 25.4 Å². The molecular formula is C22H24N2O6. The van der Waals surface area contributed by atoms with Crippen LogP contribution in [0.4, 0.5) is 11.4 Å². The number of benzene rings is 2. The van der Waals surface area contributed by atoms with Crippen molar-refractivity contribution in [1.82, 2.24) is 0 Å². The molecule has 0 bridgehead atoms. The average Bonchev–Trinajstić information content (AvgIpc) is 2.73. The Kier molecular flexibility index (Phi) is 8.56. The van der Waals surface area contributed by atoms with Crippen LogP contribution in [0.2, 0.25) is 0 Å². The quantitative estimate of drug-likeness (QED) is 0.613. The molecule has 0 unspecified atom stereocenters. The van der Waals surface area contributed by atoms with Gasteiger partial charge < -0.3 is 20.1 Å². The maximum Gasteiger partial charge on any atom is 0.338 e. The van der Waals surface area contributed by atoms with Gasteiger partial charge in [-0.15, -0.1) is 0 Å². The minimum atomic E-state index is -0.650. The van der Waals surface area contributed by atoms with E-state index >= 15 is 0 Å². The molecule has 0 aliphatic heterocycles. The number of carbonyl (C=O) groups excluding carboxylic acids is 4. The molecule has 0 aliphatic carbocycles. The lowest BCUT2D eigenvalue weighted by molar-refractivity contribution is -0.147. The molecule has 0 spiro atoms. The van der Waals surface area contributed by atoms with Gasteiger partial charge >= 0.3 is 11.9 Å². The van der Waals surface area contributed by atoms with Crippen LogP contribution in [0, 0.1) is 6.92 Å². The van der Waals surface area contributed by atoms with E-state index < -0.39 is 24.5 Å². The van der Waals surface area contributed by atoms with E-state index in [1.54, 1.807) is 31.2 Å². The van der Waals surface area contributed by atoms with Gasteiger partial charge in [-0.1, -0.05) is 18.2 Å². The lowest BCUT2D eigenvalue weighted by Crippen LogP contribution is -2.22. The molecule has 2 amide bonds. The Morgan fingerprint density at radius 2 is 1.53 bits per heavy atom. The van der Waals surface area contributed by atoms with Gasteiger partial charge in [0.2, 0.25) is 5.91 Å². The number of esters is 2. The first-order valence-corrected chi connectivity index (χ1v) is 9.47. The van der Waals surface area contributed by atoms with Crippen molar-refractivity contribution in [1.29, 1.82) is 0 Å². The molecule has 0 fully saturated rings. The van der Waals surface area contributed by atoms with Gasteiger partial charge in [-0.05, 0) is 49.7 Å². The normalized spacial score (nSPS) is 10.1. The smallest absolute Gasteiger partial charge is 0.338 e. The standard InChI is InChI=1S/C22H24N2O6/c1-3-29-22(28)16-8-10-17(11-9-16)23-20(26)14-30-21(27)13-12-19(25)24-18-7-5-4-6-15(18)2/h4-11H,3,12-14H2,1-2H3,(H,23,26)(H,24,25). The van der Waals surface area contributed by atoms with Crippen molar-refractivity contribution in [3.8, 4) is 0 Å². The van der Waals surface area contributed by atoms with E-state index in [2.05, 4.69) is 10.6 Å². The molecule has 2 aromatic carbocycles. The molecule has 30 heavy (non-hydrogen) atoms. The number of para-hydroxylation sites is 1. The molecule has 0 saturated carbocycles. The largest absolute Gasteiger partial charge is 0.462 e. The Balaban J connectivity index is 1.70. The summed E-state index contributed by atoms with van der Waals surface area (Å²) >= 11 is 0. The summed E-state index contributed by atoms with van der Waals surface area (Å²) in [6, 6.07) is 13.4. The van der Waals surface area contributed by atoms with Crippen LogP contribution in [0.1, 0.15) is 35.7 Å². The third-order valence-electron chi connectivity index (χ3n) is 4.02. The van der Waals surface area contributed by atoms with Crippen LogP contribution in [0.5, 0.6) is 0 Å². The molecule has 2 rings (SSSR count). The highest BCUT2D eigenvalue weighted by Crippen LogP contribution is 2.14. The number of rotatable bonds is 9. The minimum Gasteiger partial charge on any atom is -0.462 e. The fraction of sp³-hybridized carbons (Fsp3) is 0.273. The Labute approximate surface area is 174 Å². The summed E-state index contributed by atoms with van der Waals surface area (Å²) in [6.07, 6.45) is -0.191. The summed E-state index contributed by atoms with van der Waals surface area (Å²) in [6.45, 7) is 3.38. The van der Waals surface area contributed by atoms with Crippen molar-refractivity contribution in [2.45, 2.75) is 26.7 Å². The lowest BCUT2D eigenvalue weighted by atomic mass is 10.2. The van der Waals surface area contributed by atoms with Gasteiger partial charge in [0, 0.05) is 17.8 Å². The van der Waals surface area contributed by atoms with Crippen molar-refractivity contribution >= 4 is 35.1 Å². The molecule has 2 aromatic rings. The highest BCUT2D eigenvalue weighted by atomic mass is 16.5. The third-order valence-corrected chi connectivity index (χ3v) is 4.02. The number of aryl methyl sites for hydroxylation is 1. The van der Waals surface area contributed by atoms with Crippen molar-refractivity contribution in [3.05, 3.63) is 59.7 Å². The number of hydrogen-bond donors (Lipinski definition) is 2. The molecular weight excluding hydrogens is 388 g/mol. The van der Waals surface area contributed by atoms with Crippen molar-refractivity contribution in [2.24, 2.45) is 0 Å². The fourth-order valence-corrected chi connectivity index (χ4v) is 2.46. The lowest BCUT2D eigenvalue weighted by Gasteiger charge is -2.09. The average molecular weight is 412 g/mol. The molecule has 8 nitrogen and oxygen atoms in total. The monoisotopic (exact) mass is 412 g/mol. The predicted molar refractivity (Wildman–Crippen MR) is 111 cm³/mol. The molecule has 8 heteroatoms. The van der Waals surface area contributed by atoms with E-state index in [0.717, 1.165) is 5.56 Å². The summed E-state index contributed by atoms with van der Waals surface area (Å²) in [5.41, 5.74) is 2.41. The summed E-state index contributed by atoms with van der Waals surface area (Å²) in [5, 5.41) is 5.28. The van der Waals surface area contributed by atoms with Crippen LogP contribution in [-0.2, 0) is 23.9 Å². The number of nitrogens with one attached hydrogen (secondary N) is 2. The van der Waals surface area contributed by atoms with E-state index in [0.29, 0.717) is 16.9 Å². The van der Waals surface area contributed by atoms with Crippen LogP contribution < -0.4 is 10.6 Å². The summed E-state index contributed by atoms with van der Waals surface area (Å²) < 4.78 is 9.77. The SMILES string of the molecule is CCOC(=O)c1ccc(NC(=O)COC(=O)CCC(=O)Nc2ccccc2C)cc1. The number of hydrogen-bond acceptors (Lipinski definition) is 6. The molecule has 0 atom stereocenters. The van der Waals surface area contributed by atoms with Gasteiger partial charge in [0.05, 0.1) is 18.6 Å². The van der Waals surface area contributed by atoms with Gasteiger partial charge in [0.15, 0.2) is 6.61 Å². The van der Waals surface area contributed by atoms with Gasteiger partial charge in [-0.25, -0.2) is 4.79 Å². The van der Waals surface area contributed by atoms with E-state index in [1.165, 1.54) is 12.1 Å². The van der Waals surface area contributed by atoms with Crippen LogP contribution in [0.25, 0.3) is 0 Å². The highest BCUT2D eigenvalue weighted by molar-refractivity contribution is 5.95. The topological polar surface area (TPSA) is 111 Å².